The second-order valence-corrected chi connectivity index (χ2v) is 7.98. The summed E-state index contributed by atoms with van der Waals surface area (Å²) in [5, 5.41) is 20.6. The summed E-state index contributed by atoms with van der Waals surface area (Å²) in [5.74, 6) is -0.581. The summed E-state index contributed by atoms with van der Waals surface area (Å²) in [6.45, 7) is 3.91. The zero-order valence-corrected chi connectivity index (χ0v) is 21.2. The second kappa shape index (κ2) is 14.7. The van der Waals surface area contributed by atoms with Crippen molar-refractivity contribution >= 4 is 24.2 Å². The van der Waals surface area contributed by atoms with Crippen LogP contribution in [0, 0.1) is 10.1 Å². The Hall–Kier alpha value is -4.73. The van der Waals surface area contributed by atoms with E-state index in [1.54, 1.807) is 12.1 Å². The van der Waals surface area contributed by atoms with Crippen LogP contribution in [0.15, 0.2) is 72.8 Å². The van der Waals surface area contributed by atoms with Crippen LogP contribution in [-0.2, 0) is 14.3 Å². The molecule has 2 amide bonds. The van der Waals surface area contributed by atoms with Crippen LogP contribution < -0.4 is 11.1 Å². The van der Waals surface area contributed by atoms with Gasteiger partial charge in [-0.25, -0.2) is 4.79 Å². The number of benzene rings is 3. The Morgan fingerprint density at radius 1 is 1.03 bits per heavy atom. The SMILES string of the molecule is CC.NC(=O)CCC(NC(=O)OCC1c2ccccc2-c2ccccc21)c1ccc([N+](=O)[O-])cc1.O=CO. The first-order chi connectivity index (χ1) is 18.3. The van der Waals surface area contributed by atoms with Gasteiger partial charge >= 0.3 is 6.09 Å². The molecule has 10 nitrogen and oxygen atoms in total. The number of nitrogens with one attached hydrogen (secondary N) is 1. The highest BCUT2D eigenvalue weighted by Crippen LogP contribution is 2.44. The molecule has 0 radical (unpaired) electrons. The van der Waals surface area contributed by atoms with E-state index in [0.717, 1.165) is 22.3 Å². The first kappa shape index (κ1) is 29.5. The number of nitrogens with two attached hydrogens (primary N) is 1. The van der Waals surface area contributed by atoms with Gasteiger partial charge in [0, 0.05) is 24.5 Å². The van der Waals surface area contributed by atoms with Crippen LogP contribution in [0.4, 0.5) is 10.5 Å². The Balaban J connectivity index is 0.000000947. The number of hydrogen-bond acceptors (Lipinski definition) is 6. The van der Waals surface area contributed by atoms with Crippen molar-refractivity contribution in [1.82, 2.24) is 5.32 Å². The molecule has 0 aromatic heterocycles. The van der Waals surface area contributed by atoms with Crippen LogP contribution in [-0.4, -0.2) is 35.1 Å². The van der Waals surface area contributed by atoms with Crippen molar-refractivity contribution in [2.75, 3.05) is 6.61 Å². The fourth-order valence-electron chi connectivity index (χ4n) is 4.22. The fraction of sp³-hybridized carbons (Fsp3) is 0.250. The minimum atomic E-state index is -0.635. The van der Waals surface area contributed by atoms with Crippen molar-refractivity contribution in [2.24, 2.45) is 5.73 Å². The highest BCUT2D eigenvalue weighted by Gasteiger charge is 2.29. The number of primary amides is 1. The molecule has 38 heavy (non-hydrogen) atoms. The molecule has 10 heteroatoms. The number of nitro groups is 1. The third-order valence-electron chi connectivity index (χ3n) is 5.82. The lowest BCUT2D eigenvalue weighted by Crippen LogP contribution is -2.31. The number of amides is 2. The predicted octanol–water partition coefficient (Wildman–Crippen LogP) is 5.17. The molecule has 200 valence electrons. The normalized spacial score (nSPS) is 11.7. The number of hydrogen-bond donors (Lipinski definition) is 3. The number of carbonyl (C=O) groups excluding carboxylic acids is 2. The van der Waals surface area contributed by atoms with Crippen LogP contribution >= 0.6 is 0 Å². The number of fused-ring (bicyclic) bond motifs is 3. The van der Waals surface area contributed by atoms with Gasteiger partial charge in [-0.05, 0) is 34.2 Å². The predicted molar refractivity (Wildman–Crippen MR) is 143 cm³/mol. The Labute approximate surface area is 220 Å². The van der Waals surface area contributed by atoms with Gasteiger partial charge < -0.3 is 20.9 Å². The topological polar surface area (TPSA) is 162 Å². The van der Waals surface area contributed by atoms with Crippen LogP contribution in [0.1, 0.15) is 55.3 Å². The number of carbonyl (C=O) groups is 3. The molecule has 0 spiro atoms. The average Bonchev–Trinajstić information content (AvgIpc) is 3.25. The monoisotopic (exact) mass is 521 g/mol. The highest BCUT2D eigenvalue weighted by atomic mass is 16.6. The van der Waals surface area contributed by atoms with E-state index in [9.17, 15) is 19.7 Å². The summed E-state index contributed by atoms with van der Waals surface area (Å²) >= 11 is 0. The summed E-state index contributed by atoms with van der Waals surface area (Å²) < 4.78 is 5.59. The number of nitrogens with zero attached hydrogens (tertiary/aromatic N) is 1. The van der Waals surface area contributed by atoms with E-state index in [4.69, 9.17) is 20.4 Å². The Kier molecular flexibility index (Phi) is 11.4. The van der Waals surface area contributed by atoms with Gasteiger partial charge in [-0.1, -0.05) is 74.5 Å². The van der Waals surface area contributed by atoms with E-state index in [2.05, 4.69) is 17.4 Å². The number of ether oxygens (including phenoxy) is 1. The van der Waals surface area contributed by atoms with Crippen molar-refractivity contribution in [3.63, 3.8) is 0 Å². The first-order valence-electron chi connectivity index (χ1n) is 12.1. The van der Waals surface area contributed by atoms with Gasteiger partial charge in [0.05, 0.1) is 11.0 Å². The molecule has 0 saturated carbocycles. The molecule has 0 aliphatic heterocycles. The van der Waals surface area contributed by atoms with E-state index in [0.29, 0.717) is 5.56 Å². The van der Waals surface area contributed by atoms with Gasteiger partial charge in [-0.2, -0.15) is 0 Å². The number of carboxylic acid groups (broad SMARTS) is 1. The molecule has 0 heterocycles. The van der Waals surface area contributed by atoms with E-state index >= 15 is 0 Å². The Morgan fingerprint density at radius 3 is 2.00 bits per heavy atom. The first-order valence-corrected chi connectivity index (χ1v) is 12.1. The van der Waals surface area contributed by atoms with Gasteiger partial charge in [0.2, 0.25) is 5.91 Å². The molecule has 0 saturated heterocycles. The van der Waals surface area contributed by atoms with Gasteiger partial charge in [0.25, 0.3) is 12.2 Å². The minimum absolute atomic E-state index is 0.0469. The number of rotatable bonds is 8. The molecule has 1 unspecified atom stereocenters. The molecule has 1 aliphatic carbocycles. The van der Waals surface area contributed by atoms with Gasteiger partial charge in [0.15, 0.2) is 0 Å². The van der Waals surface area contributed by atoms with Crippen molar-refractivity contribution in [1.29, 1.82) is 0 Å². The largest absolute Gasteiger partial charge is 0.483 e. The van der Waals surface area contributed by atoms with E-state index < -0.39 is 23.0 Å². The lowest BCUT2D eigenvalue weighted by Gasteiger charge is -2.20. The zero-order chi connectivity index (χ0) is 28.1. The second-order valence-electron chi connectivity index (χ2n) is 7.98. The summed E-state index contributed by atoms with van der Waals surface area (Å²) in [6, 6.07) is 21.3. The van der Waals surface area contributed by atoms with E-state index in [1.165, 1.54) is 12.1 Å². The molecule has 1 atom stereocenters. The summed E-state index contributed by atoms with van der Waals surface area (Å²) in [7, 11) is 0. The zero-order valence-electron chi connectivity index (χ0n) is 21.2. The van der Waals surface area contributed by atoms with Crippen LogP contribution in [0.5, 0.6) is 0 Å². The molecular weight excluding hydrogens is 490 g/mol. The molecule has 4 N–H and O–H groups in total. The summed E-state index contributed by atoms with van der Waals surface area (Å²) in [4.78, 5) is 42.7. The van der Waals surface area contributed by atoms with Gasteiger partial charge in [-0.15, -0.1) is 0 Å². The standard InChI is InChI=1S/C25H23N3O5.C2H6.CH2O2/c26-24(29)14-13-23(16-9-11-17(12-10-16)28(31)32)27-25(30)33-15-22-20-7-3-1-5-18(20)19-6-2-4-8-21(19)22;1-2;2-1-3/h1-12,22-23H,13-15H2,(H2,26,29)(H,27,30);1-2H3;1H,(H,2,3). The van der Waals surface area contributed by atoms with Crippen molar-refractivity contribution < 1.29 is 29.2 Å². The van der Waals surface area contributed by atoms with E-state index in [1.807, 2.05) is 50.2 Å². The van der Waals surface area contributed by atoms with E-state index in [-0.39, 0.29) is 37.5 Å². The van der Waals surface area contributed by atoms with Gasteiger partial charge in [0.1, 0.15) is 6.61 Å². The average molecular weight is 522 g/mol. The third kappa shape index (κ3) is 7.63. The molecule has 4 rings (SSSR count). The quantitative estimate of drug-likeness (QED) is 0.209. The minimum Gasteiger partial charge on any atom is -0.483 e. The summed E-state index contributed by atoms with van der Waals surface area (Å²) in [5.41, 5.74) is 10.3. The van der Waals surface area contributed by atoms with Crippen LogP contribution in [0.2, 0.25) is 0 Å². The van der Waals surface area contributed by atoms with Crippen LogP contribution in [0.3, 0.4) is 0 Å². The number of alkyl carbamates (subject to hydrolysis) is 1. The lowest BCUT2D eigenvalue weighted by atomic mass is 9.98. The maximum absolute atomic E-state index is 12.7. The molecule has 0 fully saturated rings. The number of nitro benzene ring substituents is 1. The Morgan fingerprint density at radius 2 is 1.53 bits per heavy atom. The molecule has 1 aliphatic rings. The smallest absolute Gasteiger partial charge is 0.407 e. The third-order valence-corrected chi connectivity index (χ3v) is 5.82. The highest BCUT2D eigenvalue weighted by molar-refractivity contribution is 5.79. The lowest BCUT2D eigenvalue weighted by molar-refractivity contribution is -0.384. The molecular formula is C28H31N3O7. The molecule has 0 bridgehead atoms. The maximum atomic E-state index is 12.7. The van der Waals surface area contributed by atoms with Crippen molar-refractivity contribution in [2.45, 2.75) is 38.6 Å². The maximum Gasteiger partial charge on any atom is 0.407 e. The van der Waals surface area contributed by atoms with Crippen molar-refractivity contribution in [3.8, 4) is 11.1 Å². The molecule has 3 aromatic carbocycles. The van der Waals surface area contributed by atoms with Crippen LogP contribution in [0.25, 0.3) is 11.1 Å². The fourth-order valence-corrected chi connectivity index (χ4v) is 4.22. The Bertz CT molecular complexity index is 1200. The van der Waals surface area contributed by atoms with Crippen molar-refractivity contribution in [3.05, 3.63) is 99.6 Å². The van der Waals surface area contributed by atoms with Gasteiger partial charge in [-0.3, -0.25) is 19.7 Å². The number of non-ortho nitro benzene ring substituents is 1. The summed E-state index contributed by atoms with van der Waals surface area (Å²) in [6.07, 6.45) is -0.340. The molecule has 3 aromatic rings.